The highest BCUT2D eigenvalue weighted by atomic mass is 16.5. The van der Waals surface area contributed by atoms with E-state index in [0.29, 0.717) is 23.9 Å². The zero-order valence-electron chi connectivity index (χ0n) is 14.8. The molecule has 1 unspecified atom stereocenters. The molecule has 1 aliphatic heterocycles. The van der Waals surface area contributed by atoms with Gasteiger partial charge in [-0.1, -0.05) is 36.4 Å². The van der Waals surface area contributed by atoms with E-state index in [1.165, 1.54) is 6.33 Å². The Bertz CT molecular complexity index is 948. The van der Waals surface area contributed by atoms with Gasteiger partial charge in [-0.2, -0.15) is 0 Å². The molecule has 1 aromatic heterocycles. The molecule has 2 heterocycles. The Morgan fingerprint density at radius 3 is 2.81 bits per heavy atom. The zero-order valence-corrected chi connectivity index (χ0v) is 14.8. The molecule has 4 rings (SSSR count). The molecule has 0 saturated carbocycles. The third-order valence-corrected chi connectivity index (χ3v) is 4.38. The lowest BCUT2D eigenvalue weighted by atomic mass is 10.2. The van der Waals surface area contributed by atoms with Crippen LogP contribution in [0.2, 0.25) is 0 Å². The number of carbonyl (C=O) groups is 1. The summed E-state index contributed by atoms with van der Waals surface area (Å²) in [5.41, 5.74) is 2.63. The Labute approximate surface area is 157 Å². The molecule has 7 heteroatoms. The maximum absolute atomic E-state index is 11.6. The molecular formula is C20H19N5O2. The van der Waals surface area contributed by atoms with Gasteiger partial charge < -0.3 is 20.3 Å². The van der Waals surface area contributed by atoms with E-state index in [9.17, 15) is 4.79 Å². The van der Waals surface area contributed by atoms with Gasteiger partial charge >= 0.3 is 0 Å². The molecular weight excluding hydrogens is 342 g/mol. The zero-order chi connectivity index (χ0) is 18.6. The van der Waals surface area contributed by atoms with Crippen LogP contribution in [0.15, 0.2) is 60.9 Å². The molecule has 1 aliphatic rings. The highest BCUT2D eigenvalue weighted by molar-refractivity contribution is 5.89. The summed E-state index contributed by atoms with van der Waals surface area (Å²) in [6, 6.07) is 17.5. The first-order valence-corrected chi connectivity index (χ1v) is 8.57. The van der Waals surface area contributed by atoms with E-state index in [1.807, 2.05) is 59.5 Å². The highest BCUT2D eigenvalue weighted by Gasteiger charge is 2.32. The van der Waals surface area contributed by atoms with Gasteiger partial charge in [0.15, 0.2) is 24.1 Å². The van der Waals surface area contributed by atoms with Crippen molar-refractivity contribution in [3.8, 4) is 5.75 Å². The van der Waals surface area contributed by atoms with Crippen molar-refractivity contribution in [2.75, 3.05) is 22.6 Å². The fourth-order valence-corrected chi connectivity index (χ4v) is 3.08. The summed E-state index contributed by atoms with van der Waals surface area (Å²) in [5.74, 6) is 2.04. The first kappa shape index (κ1) is 16.8. The van der Waals surface area contributed by atoms with Crippen molar-refractivity contribution in [3.05, 3.63) is 66.5 Å². The maximum atomic E-state index is 11.6. The lowest BCUT2D eigenvalue weighted by Crippen LogP contribution is -2.36. The molecule has 27 heavy (non-hydrogen) atoms. The predicted molar refractivity (Wildman–Crippen MR) is 104 cm³/mol. The number of carbonyl (C=O) groups excluding carboxylic acids is 1. The van der Waals surface area contributed by atoms with Crippen LogP contribution < -0.4 is 20.3 Å². The van der Waals surface area contributed by atoms with Crippen molar-refractivity contribution < 1.29 is 9.53 Å². The molecule has 0 amide bonds. The van der Waals surface area contributed by atoms with Crippen LogP contribution in [0, 0.1) is 0 Å². The second-order valence-corrected chi connectivity index (χ2v) is 6.12. The van der Waals surface area contributed by atoms with Gasteiger partial charge in [0.25, 0.3) is 0 Å². The van der Waals surface area contributed by atoms with E-state index >= 15 is 0 Å². The number of methoxy groups -OCH3 is 1. The van der Waals surface area contributed by atoms with Gasteiger partial charge in [-0.05, 0) is 17.7 Å². The van der Waals surface area contributed by atoms with Gasteiger partial charge in [0, 0.05) is 18.3 Å². The largest absolute Gasteiger partial charge is 0.497 e. The molecule has 2 aromatic carbocycles. The quantitative estimate of drug-likeness (QED) is 0.653. The number of ether oxygens (including phenoxy) is 1. The van der Waals surface area contributed by atoms with E-state index in [1.54, 1.807) is 7.11 Å². The van der Waals surface area contributed by atoms with E-state index in [0.717, 1.165) is 23.3 Å². The van der Waals surface area contributed by atoms with Crippen molar-refractivity contribution in [2.45, 2.75) is 12.7 Å². The smallest absolute Gasteiger partial charge is 0.162 e. The average Bonchev–Trinajstić information content (AvgIpc) is 3.07. The number of rotatable bonds is 6. The Morgan fingerprint density at radius 2 is 2.04 bits per heavy atom. The average molecular weight is 361 g/mol. The van der Waals surface area contributed by atoms with E-state index in [-0.39, 0.29) is 0 Å². The number of nitrogens with one attached hydrogen (secondary N) is 2. The van der Waals surface area contributed by atoms with Crippen molar-refractivity contribution >= 4 is 29.3 Å². The van der Waals surface area contributed by atoms with Gasteiger partial charge in [0.2, 0.25) is 0 Å². The van der Waals surface area contributed by atoms with Crippen LogP contribution in [0.4, 0.5) is 23.0 Å². The molecule has 0 saturated heterocycles. The van der Waals surface area contributed by atoms with Gasteiger partial charge in [-0.25, -0.2) is 9.97 Å². The Balaban J connectivity index is 1.65. The molecule has 3 aromatic rings. The molecule has 0 bridgehead atoms. The number of aromatic nitrogens is 2. The number of nitrogens with zero attached hydrogens (tertiary/aromatic N) is 3. The van der Waals surface area contributed by atoms with Gasteiger partial charge in [0.05, 0.1) is 7.11 Å². The molecule has 0 fully saturated rings. The number of aldehydes is 1. The van der Waals surface area contributed by atoms with Crippen LogP contribution in [0.3, 0.4) is 0 Å². The summed E-state index contributed by atoms with van der Waals surface area (Å²) in [4.78, 5) is 22.3. The second kappa shape index (κ2) is 7.33. The lowest BCUT2D eigenvalue weighted by Gasteiger charge is -2.21. The van der Waals surface area contributed by atoms with Crippen molar-refractivity contribution in [3.63, 3.8) is 0 Å². The summed E-state index contributed by atoms with van der Waals surface area (Å²) in [6.45, 7) is 0.569. The van der Waals surface area contributed by atoms with Gasteiger partial charge in [-0.3, -0.25) is 4.79 Å². The van der Waals surface area contributed by atoms with Crippen LogP contribution in [-0.4, -0.2) is 29.5 Å². The maximum Gasteiger partial charge on any atom is 0.162 e. The second-order valence-electron chi connectivity index (χ2n) is 6.12. The van der Waals surface area contributed by atoms with E-state index in [2.05, 4.69) is 20.6 Å². The van der Waals surface area contributed by atoms with Crippen LogP contribution in [-0.2, 0) is 11.3 Å². The summed E-state index contributed by atoms with van der Waals surface area (Å²) in [5, 5.41) is 6.48. The van der Waals surface area contributed by atoms with Crippen LogP contribution >= 0.6 is 0 Å². The fourth-order valence-electron chi connectivity index (χ4n) is 3.08. The number of hydrogen-bond donors (Lipinski definition) is 2. The minimum atomic E-state index is -0.497. The standard InChI is InChI=1S/C20H19N5O2/c1-27-16-9-5-8-15(10-16)23-19-18-20(22-13-21-19)25(17(12-26)24-18)11-14-6-3-2-4-7-14/h2-10,12-13,17,24H,11H2,1H3,(H,21,22,23). The topological polar surface area (TPSA) is 79.4 Å². The number of anilines is 4. The van der Waals surface area contributed by atoms with Gasteiger partial charge in [0.1, 0.15) is 17.8 Å². The molecule has 0 spiro atoms. The Hall–Kier alpha value is -3.61. The third kappa shape index (κ3) is 3.39. The summed E-state index contributed by atoms with van der Waals surface area (Å²) in [6.07, 6.45) is 1.87. The van der Waals surface area contributed by atoms with Crippen molar-refractivity contribution in [1.29, 1.82) is 0 Å². The minimum absolute atomic E-state index is 0.497. The first-order valence-electron chi connectivity index (χ1n) is 8.57. The number of fused-ring (bicyclic) bond motifs is 1. The monoisotopic (exact) mass is 361 g/mol. The first-order chi connectivity index (χ1) is 13.3. The summed E-state index contributed by atoms with van der Waals surface area (Å²) in [7, 11) is 1.62. The molecule has 1 atom stereocenters. The summed E-state index contributed by atoms with van der Waals surface area (Å²) >= 11 is 0. The van der Waals surface area contributed by atoms with Crippen molar-refractivity contribution in [1.82, 2.24) is 9.97 Å². The normalized spacial score (nSPS) is 15.0. The third-order valence-electron chi connectivity index (χ3n) is 4.38. The molecule has 0 aliphatic carbocycles. The summed E-state index contributed by atoms with van der Waals surface area (Å²) < 4.78 is 5.26. The van der Waals surface area contributed by atoms with Gasteiger partial charge in [-0.15, -0.1) is 0 Å². The highest BCUT2D eigenvalue weighted by Crippen LogP contribution is 2.38. The van der Waals surface area contributed by atoms with Crippen LogP contribution in [0.1, 0.15) is 5.56 Å². The fraction of sp³-hybridized carbons (Fsp3) is 0.150. The lowest BCUT2D eigenvalue weighted by molar-refractivity contribution is -0.108. The minimum Gasteiger partial charge on any atom is -0.497 e. The Morgan fingerprint density at radius 1 is 1.19 bits per heavy atom. The van der Waals surface area contributed by atoms with Crippen LogP contribution in [0.5, 0.6) is 5.75 Å². The number of benzene rings is 2. The van der Waals surface area contributed by atoms with E-state index in [4.69, 9.17) is 4.74 Å². The Kier molecular flexibility index (Phi) is 4.57. The molecule has 136 valence electrons. The van der Waals surface area contributed by atoms with E-state index < -0.39 is 6.17 Å². The number of hydrogen-bond acceptors (Lipinski definition) is 7. The molecule has 2 N–H and O–H groups in total. The SMILES string of the molecule is COc1cccc(Nc2ncnc3c2NC(C=O)N3Cc2ccccc2)c1. The molecule has 7 nitrogen and oxygen atoms in total. The van der Waals surface area contributed by atoms with Crippen molar-refractivity contribution in [2.24, 2.45) is 0 Å². The van der Waals surface area contributed by atoms with Crippen LogP contribution in [0.25, 0.3) is 0 Å². The predicted octanol–water partition coefficient (Wildman–Crippen LogP) is 3.19. The molecule has 0 radical (unpaired) electrons.